The average molecular weight is 568 g/mol. The minimum Gasteiger partial charge on any atom is -0.457 e. The Morgan fingerprint density at radius 2 is 1.62 bits per heavy atom. The molecule has 12 heteroatoms. The molecule has 3 rings (SSSR count). The topological polar surface area (TPSA) is 123 Å². The summed E-state index contributed by atoms with van der Waals surface area (Å²) in [5.74, 6) is -0.155. The number of carbonyl (C=O) groups excluding carboxylic acids is 2. The third kappa shape index (κ3) is 8.57. The highest BCUT2D eigenvalue weighted by Crippen LogP contribution is 2.36. The smallest absolute Gasteiger partial charge is 0.416 e. The zero-order valence-electron chi connectivity index (χ0n) is 22.6. The Morgan fingerprint density at radius 1 is 1.02 bits per heavy atom. The fourth-order valence-electron chi connectivity index (χ4n) is 4.73. The summed E-state index contributed by atoms with van der Waals surface area (Å²) < 4.78 is 46.5. The largest absolute Gasteiger partial charge is 0.457 e. The van der Waals surface area contributed by atoms with E-state index in [0.717, 1.165) is 12.1 Å². The first-order chi connectivity index (χ1) is 18.8. The summed E-state index contributed by atoms with van der Waals surface area (Å²) >= 11 is 0. The summed E-state index contributed by atoms with van der Waals surface area (Å²) in [4.78, 5) is 28.1. The fourth-order valence-corrected chi connectivity index (χ4v) is 4.73. The van der Waals surface area contributed by atoms with Crippen LogP contribution in [0.3, 0.4) is 0 Å². The van der Waals surface area contributed by atoms with E-state index >= 15 is 0 Å². The van der Waals surface area contributed by atoms with Crippen LogP contribution in [0, 0.1) is 5.92 Å². The molecule has 1 saturated heterocycles. The first kappa shape index (κ1) is 31.2. The van der Waals surface area contributed by atoms with Gasteiger partial charge in [0, 0.05) is 43.5 Å². The lowest BCUT2D eigenvalue weighted by atomic mass is 9.84. The predicted octanol–water partition coefficient (Wildman–Crippen LogP) is 4.33. The van der Waals surface area contributed by atoms with Gasteiger partial charge in [0.25, 0.3) is 5.91 Å². The molecule has 0 radical (unpaired) electrons. The molecule has 4 N–H and O–H groups in total. The second kappa shape index (κ2) is 13.3. The van der Waals surface area contributed by atoms with Gasteiger partial charge in [-0.25, -0.2) is 4.79 Å². The number of piperidine rings is 1. The van der Waals surface area contributed by atoms with Gasteiger partial charge < -0.3 is 35.2 Å². The number of urea groups is 1. The van der Waals surface area contributed by atoms with Crippen LogP contribution >= 0.6 is 0 Å². The van der Waals surface area contributed by atoms with Crippen molar-refractivity contribution in [2.24, 2.45) is 5.92 Å². The molecule has 0 atom stereocenters. The van der Waals surface area contributed by atoms with Crippen molar-refractivity contribution in [2.45, 2.75) is 44.9 Å². The van der Waals surface area contributed by atoms with E-state index in [9.17, 15) is 27.9 Å². The number of alkyl halides is 3. The zero-order chi connectivity index (χ0) is 29.5. The summed E-state index contributed by atoms with van der Waals surface area (Å²) in [6.07, 6.45) is -3.33. The van der Waals surface area contributed by atoms with Gasteiger partial charge in [0.1, 0.15) is 11.5 Å². The van der Waals surface area contributed by atoms with E-state index in [2.05, 4.69) is 5.32 Å². The number of amides is 3. The number of aliphatic hydroxyl groups is 3. The molecule has 1 aliphatic rings. The van der Waals surface area contributed by atoms with Gasteiger partial charge in [-0.3, -0.25) is 4.79 Å². The molecule has 2 aromatic rings. The van der Waals surface area contributed by atoms with Gasteiger partial charge in [-0.15, -0.1) is 0 Å². The number of hydrogen-bond donors (Lipinski definition) is 4. The van der Waals surface area contributed by atoms with Crippen LogP contribution < -0.4 is 10.1 Å². The molecule has 0 unspecified atom stereocenters. The maximum atomic E-state index is 13.6. The number of likely N-dealkylation sites (tertiary alicyclic amines) is 1. The highest BCUT2D eigenvalue weighted by molar-refractivity contribution is 5.94. The number of aliphatic hydroxyl groups excluding tert-OH is 2. The number of anilines is 1. The highest BCUT2D eigenvalue weighted by Gasteiger charge is 2.35. The Bertz CT molecular complexity index is 1140. The number of carbonyl (C=O) groups is 2. The van der Waals surface area contributed by atoms with Crippen molar-refractivity contribution in [3.63, 3.8) is 0 Å². The third-order valence-corrected chi connectivity index (χ3v) is 6.62. The van der Waals surface area contributed by atoms with Crippen molar-refractivity contribution in [1.29, 1.82) is 0 Å². The van der Waals surface area contributed by atoms with Crippen LogP contribution in [0.15, 0.2) is 42.5 Å². The number of benzene rings is 2. The van der Waals surface area contributed by atoms with E-state index in [-0.39, 0.29) is 68.1 Å². The normalized spacial score (nSPS) is 15.2. The molecule has 0 aromatic heterocycles. The number of halogens is 3. The Labute approximate surface area is 231 Å². The number of hydrogen-bond acceptors (Lipinski definition) is 6. The second-order valence-electron chi connectivity index (χ2n) is 10.3. The van der Waals surface area contributed by atoms with Crippen molar-refractivity contribution >= 4 is 17.6 Å². The minimum absolute atomic E-state index is 0.0343. The molecule has 1 aliphatic heterocycles. The van der Waals surface area contributed by atoms with E-state index in [0.29, 0.717) is 19.3 Å². The highest BCUT2D eigenvalue weighted by atomic mass is 19.4. The average Bonchev–Trinajstić information content (AvgIpc) is 2.87. The molecule has 0 aliphatic carbocycles. The van der Waals surface area contributed by atoms with Gasteiger partial charge in [-0.2, -0.15) is 13.2 Å². The molecule has 40 heavy (non-hydrogen) atoms. The number of nitrogens with one attached hydrogen (secondary N) is 1. The van der Waals surface area contributed by atoms with Crippen LogP contribution in [-0.4, -0.2) is 82.1 Å². The van der Waals surface area contributed by atoms with Crippen molar-refractivity contribution in [1.82, 2.24) is 9.80 Å². The summed E-state index contributed by atoms with van der Waals surface area (Å²) in [6.45, 7) is 4.07. The van der Waals surface area contributed by atoms with Gasteiger partial charge in [0.15, 0.2) is 0 Å². The lowest BCUT2D eigenvalue weighted by Crippen LogP contribution is -2.48. The van der Waals surface area contributed by atoms with Crippen LogP contribution in [0.25, 0.3) is 0 Å². The van der Waals surface area contributed by atoms with Gasteiger partial charge >= 0.3 is 12.2 Å². The van der Waals surface area contributed by atoms with Gasteiger partial charge in [0.2, 0.25) is 0 Å². The van der Waals surface area contributed by atoms with Crippen molar-refractivity contribution in [3.8, 4) is 11.5 Å². The standard InChI is InChI=1S/C28H36F3N3O6/c1-19(2)18-27(39)7-9-34(10-8-27)26(38)32-22-15-21(28(29,30)31)16-24(17-22)40-23-5-3-20(4-6-23)25(37)33(11-13-35)12-14-36/h3-6,15-17,19,35-36,39H,7-14,18H2,1-2H3,(H,32,38). The lowest BCUT2D eigenvalue weighted by molar-refractivity contribution is -0.137. The Kier molecular flexibility index (Phi) is 10.4. The van der Waals surface area contributed by atoms with Crippen molar-refractivity contribution < 1.29 is 42.8 Å². The van der Waals surface area contributed by atoms with E-state index in [1.807, 2.05) is 13.8 Å². The van der Waals surface area contributed by atoms with Gasteiger partial charge in [-0.1, -0.05) is 13.8 Å². The molecule has 220 valence electrons. The molecule has 9 nitrogen and oxygen atoms in total. The third-order valence-electron chi connectivity index (χ3n) is 6.62. The van der Waals surface area contributed by atoms with Crippen LogP contribution in [0.1, 0.15) is 49.0 Å². The Morgan fingerprint density at radius 3 is 2.15 bits per heavy atom. The summed E-state index contributed by atoms with van der Waals surface area (Å²) in [5, 5.41) is 31.5. The molecular weight excluding hydrogens is 531 g/mol. The minimum atomic E-state index is -4.70. The van der Waals surface area contributed by atoms with E-state index < -0.39 is 29.3 Å². The zero-order valence-corrected chi connectivity index (χ0v) is 22.6. The van der Waals surface area contributed by atoms with Crippen LogP contribution in [0.2, 0.25) is 0 Å². The fraction of sp³-hybridized carbons (Fsp3) is 0.500. The molecule has 1 heterocycles. The predicted molar refractivity (Wildman–Crippen MR) is 142 cm³/mol. The van der Waals surface area contributed by atoms with E-state index in [4.69, 9.17) is 14.9 Å². The van der Waals surface area contributed by atoms with E-state index in [1.54, 1.807) is 0 Å². The van der Waals surface area contributed by atoms with Crippen LogP contribution in [-0.2, 0) is 6.18 Å². The van der Waals surface area contributed by atoms with Crippen LogP contribution in [0.5, 0.6) is 11.5 Å². The number of nitrogens with zero attached hydrogens (tertiary/aromatic N) is 2. The van der Waals surface area contributed by atoms with Crippen LogP contribution in [0.4, 0.5) is 23.7 Å². The first-order valence-corrected chi connectivity index (χ1v) is 13.1. The Balaban J connectivity index is 1.73. The molecule has 1 fully saturated rings. The quantitative estimate of drug-likeness (QED) is 0.339. The molecule has 3 amide bonds. The number of ether oxygens (including phenoxy) is 1. The molecule has 0 spiro atoms. The number of rotatable bonds is 10. The van der Waals surface area contributed by atoms with Crippen molar-refractivity contribution in [2.75, 3.05) is 44.7 Å². The summed E-state index contributed by atoms with van der Waals surface area (Å²) in [7, 11) is 0. The van der Waals surface area contributed by atoms with Crippen molar-refractivity contribution in [3.05, 3.63) is 53.6 Å². The van der Waals surface area contributed by atoms with E-state index in [1.165, 1.54) is 40.1 Å². The second-order valence-corrected chi connectivity index (χ2v) is 10.3. The maximum absolute atomic E-state index is 13.6. The molecule has 0 bridgehead atoms. The summed E-state index contributed by atoms with van der Waals surface area (Å²) in [6, 6.07) is 8.00. The van der Waals surface area contributed by atoms with Gasteiger partial charge in [-0.05, 0) is 61.6 Å². The molecule has 2 aromatic carbocycles. The molecule has 0 saturated carbocycles. The molecular formula is C28H36F3N3O6. The first-order valence-electron chi connectivity index (χ1n) is 13.1. The lowest BCUT2D eigenvalue weighted by Gasteiger charge is -2.39. The Hall–Kier alpha value is -3.35. The van der Waals surface area contributed by atoms with Gasteiger partial charge in [0.05, 0.1) is 24.4 Å². The summed E-state index contributed by atoms with van der Waals surface area (Å²) in [5.41, 5.74) is -1.74. The maximum Gasteiger partial charge on any atom is 0.416 e. The SMILES string of the molecule is CC(C)CC1(O)CCN(C(=O)Nc2cc(Oc3ccc(C(=O)N(CCO)CCO)cc3)cc(C(F)(F)F)c2)CC1. The monoisotopic (exact) mass is 567 g/mol.